The fourth-order valence-corrected chi connectivity index (χ4v) is 2.27. The maximum absolute atomic E-state index is 11.9. The lowest BCUT2D eigenvalue weighted by molar-refractivity contribution is 0.0865. The largest absolute Gasteiger partial charge is 0.513 e. The van der Waals surface area contributed by atoms with Crippen molar-refractivity contribution in [3.63, 3.8) is 0 Å². The Morgan fingerprint density at radius 3 is 2.23 bits per heavy atom. The van der Waals surface area contributed by atoms with Gasteiger partial charge >= 0.3 is 12.3 Å². The molecule has 1 aliphatic heterocycles. The second kappa shape index (κ2) is 9.31. The van der Waals surface area contributed by atoms with Gasteiger partial charge in [-0.15, -0.1) is 0 Å². The van der Waals surface area contributed by atoms with Gasteiger partial charge in [-0.3, -0.25) is 0 Å². The molecule has 0 aromatic heterocycles. The number of carbonyl (C=O) groups is 2. The molecule has 7 nitrogen and oxygen atoms in total. The number of ether oxygens (including phenoxy) is 5. The van der Waals surface area contributed by atoms with Crippen LogP contribution in [0.3, 0.4) is 0 Å². The molecule has 0 saturated heterocycles. The van der Waals surface area contributed by atoms with Crippen molar-refractivity contribution >= 4 is 12.3 Å². The molecule has 1 aromatic rings. The SMILES string of the molecule is CC(C)COC(=O)Oc1cc2c(c(OC(=O)OCC(C)C)c1)CCCO2. The highest BCUT2D eigenvalue weighted by molar-refractivity contribution is 5.68. The summed E-state index contributed by atoms with van der Waals surface area (Å²) >= 11 is 0. The zero-order chi connectivity index (χ0) is 19.1. The summed E-state index contributed by atoms with van der Waals surface area (Å²) in [6.45, 7) is 8.77. The summed E-state index contributed by atoms with van der Waals surface area (Å²) in [5.41, 5.74) is 0.751. The highest BCUT2D eigenvalue weighted by Gasteiger charge is 2.22. The van der Waals surface area contributed by atoms with Crippen LogP contribution in [0.25, 0.3) is 0 Å². The maximum atomic E-state index is 11.9. The first-order valence-electron chi connectivity index (χ1n) is 8.84. The Bertz CT molecular complexity index is 637. The summed E-state index contributed by atoms with van der Waals surface area (Å²) < 4.78 is 26.1. The molecule has 144 valence electrons. The minimum atomic E-state index is -0.817. The molecule has 1 aliphatic rings. The van der Waals surface area contributed by atoms with Gasteiger partial charge in [0.1, 0.15) is 17.2 Å². The normalized spacial score (nSPS) is 13.0. The van der Waals surface area contributed by atoms with Gasteiger partial charge in [-0.25, -0.2) is 9.59 Å². The van der Waals surface area contributed by atoms with Gasteiger partial charge in [-0.05, 0) is 24.7 Å². The van der Waals surface area contributed by atoms with Gasteiger partial charge in [0, 0.05) is 17.7 Å². The van der Waals surface area contributed by atoms with E-state index in [9.17, 15) is 9.59 Å². The minimum Gasteiger partial charge on any atom is -0.493 e. The van der Waals surface area contributed by atoms with Crippen molar-refractivity contribution in [3.8, 4) is 17.2 Å². The van der Waals surface area contributed by atoms with E-state index in [1.165, 1.54) is 6.07 Å². The van der Waals surface area contributed by atoms with Crippen LogP contribution in [0.1, 0.15) is 39.7 Å². The van der Waals surface area contributed by atoms with E-state index in [1.807, 2.05) is 27.7 Å². The first-order chi connectivity index (χ1) is 12.3. The standard InChI is InChI=1S/C19H26O7/c1-12(2)10-23-18(20)25-14-8-16-15(6-5-7-22-16)17(9-14)26-19(21)24-11-13(3)4/h8-9,12-13H,5-7,10-11H2,1-4H3. The van der Waals surface area contributed by atoms with Gasteiger partial charge in [0.05, 0.1) is 19.8 Å². The molecule has 0 unspecified atom stereocenters. The topological polar surface area (TPSA) is 80.3 Å². The Morgan fingerprint density at radius 1 is 1.00 bits per heavy atom. The van der Waals surface area contributed by atoms with Crippen molar-refractivity contribution in [2.24, 2.45) is 11.8 Å². The van der Waals surface area contributed by atoms with E-state index in [4.69, 9.17) is 23.7 Å². The highest BCUT2D eigenvalue weighted by Crippen LogP contribution is 2.37. The summed E-state index contributed by atoms with van der Waals surface area (Å²) in [5.74, 6) is 1.37. The van der Waals surface area contributed by atoms with Gasteiger partial charge in [0.25, 0.3) is 0 Å². The quantitative estimate of drug-likeness (QED) is 0.547. The van der Waals surface area contributed by atoms with E-state index in [0.29, 0.717) is 18.8 Å². The Labute approximate surface area is 153 Å². The molecule has 26 heavy (non-hydrogen) atoms. The molecule has 0 saturated carbocycles. The Balaban J connectivity index is 2.12. The zero-order valence-corrected chi connectivity index (χ0v) is 15.7. The van der Waals surface area contributed by atoms with Crippen molar-refractivity contribution in [1.29, 1.82) is 0 Å². The van der Waals surface area contributed by atoms with Crippen molar-refractivity contribution in [3.05, 3.63) is 17.7 Å². The average Bonchev–Trinajstić information content (AvgIpc) is 2.58. The van der Waals surface area contributed by atoms with E-state index < -0.39 is 12.3 Å². The van der Waals surface area contributed by atoms with E-state index in [2.05, 4.69) is 0 Å². The van der Waals surface area contributed by atoms with Crippen LogP contribution in [-0.2, 0) is 15.9 Å². The summed E-state index contributed by atoms with van der Waals surface area (Å²) in [6, 6.07) is 3.07. The van der Waals surface area contributed by atoms with Crippen molar-refractivity contribution < 1.29 is 33.3 Å². The Kier molecular flexibility index (Phi) is 7.12. The van der Waals surface area contributed by atoms with Crippen LogP contribution < -0.4 is 14.2 Å². The monoisotopic (exact) mass is 366 g/mol. The second-order valence-corrected chi connectivity index (χ2v) is 6.96. The van der Waals surface area contributed by atoms with E-state index >= 15 is 0 Å². The number of benzene rings is 1. The molecule has 0 amide bonds. The number of carbonyl (C=O) groups excluding carboxylic acids is 2. The summed E-state index contributed by atoms with van der Waals surface area (Å²) in [4.78, 5) is 23.7. The molecule has 0 aliphatic carbocycles. The molecule has 0 N–H and O–H groups in total. The van der Waals surface area contributed by atoms with Crippen LogP contribution in [0.15, 0.2) is 12.1 Å². The van der Waals surface area contributed by atoms with E-state index in [-0.39, 0.29) is 36.5 Å². The molecule has 1 heterocycles. The number of rotatable bonds is 6. The molecule has 0 fully saturated rings. The number of hydrogen-bond acceptors (Lipinski definition) is 7. The third-order valence-electron chi connectivity index (χ3n) is 3.43. The second-order valence-electron chi connectivity index (χ2n) is 6.96. The predicted octanol–water partition coefficient (Wildman–Crippen LogP) is 4.35. The van der Waals surface area contributed by atoms with E-state index in [0.717, 1.165) is 12.0 Å². The van der Waals surface area contributed by atoms with E-state index in [1.54, 1.807) is 6.07 Å². The molecule has 0 spiro atoms. The van der Waals surface area contributed by atoms with Crippen LogP contribution in [-0.4, -0.2) is 32.1 Å². The molecule has 7 heteroatoms. The van der Waals surface area contributed by atoms with Crippen LogP contribution in [0.5, 0.6) is 17.2 Å². The molecule has 0 bridgehead atoms. The molecule has 0 atom stereocenters. The predicted molar refractivity (Wildman–Crippen MR) is 93.9 cm³/mol. The summed E-state index contributed by atoms with van der Waals surface area (Å²) in [7, 11) is 0. The maximum Gasteiger partial charge on any atom is 0.513 e. The first-order valence-corrected chi connectivity index (χ1v) is 8.84. The smallest absolute Gasteiger partial charge is 0.493 e. The number of fused-ring (bicyclic) bond motifs is 1. The Hall–Kier alpha value is -2.44. The Morgan fingerprint density at radius 2 is 1.62 bits per heavy atom. The zero-order valence-electron chi connectivity index (χ0n) is 15.7. The summed E-state index contributed by atoms with van der Waals surface area (Å²) in [6.07, 6.45) is -0.116. The summed E-state index contributed by atoms with van der Waals surface area (Å²) in [5, 5.41) is 0. The first kappa shape index (κ1) is 19.9. The van der Waals surface area contributed by atoms with Gasteiger partial charge in [0.15, 0.2) is 0 Å². The van der Waals surface area contributed by atoms with Crippen LogP contribution in [0.2, 0.25) is 0 Å². The van der Waals surface area contributed by atoms with Crippen LogP contribution in [0.4, 0.5) is 9.59 Å². The fraction of sp³-hybridized carbons (Fsp3) is 0.579. The highest BCUT2D eigenvalue weighted by atomic mass is 16.7. The lowest BCUT2D eigenvalue weighted by Gasteiger charge is -2.21. The van der Waals surface area contributed by atoms with Gasteiger partial charge in [-0.1, -0.05) is 27.7 Å². The van der Waals surface area contributed by atoms with Gasteiger partial charge < -0.3 is 23.7 Å². The lowest BCUT2D eigenvalue weighted by atomic mass is 10.0. The van der Waals surface area contributed by atoms with Gasteiger partial charge in [0.2, 0.25) is 0 Å². The third-order valence-corrected chi connectivity index (χ3v) is 3.43. The van der Waals surface area contributed by atoms with Crippen molar-refractivity contribution in [2.75, 3.05) is 19.8 Å². The van der Waals surface area contributed by atoms with Crippen LogP contribution >= 0.6 is 0 Å². The molecule has 1 aromatic carbocycles. The fourth-order valence-electron chi connectivity index (χ4n) is 2.27. The molecular weight excluding hydrogens is 340 g/mol. The average molecular weight is 366 g/mol. The number of hydrogen-bond donors (Lipinski definition) is 0. The minimum absolute atomic E-state index is 0.186. The van der Waals surface area contributed by atoms with Crippen molar-refractivity contribution in [2.45, 2.75) is 40.5 Å². The van der Waals surface area contributed by atoms with Crippen molar-refractivity contribution in [1.82, 2.24) is 0 Å². The molecule has 0 radical (unpaired) electrons. The van der Waals surface area contributed by atoms with Gasteiger partial charge in [-0.2, -0.15) is 0 Å². The molecule has 2 rings (SSSR count). The van der Waals surface area contributed by atoms with Crippen LogP contribution in [0, 0.1) is 11.8 Å². The third kappa shape index (κ3) is 6.13. The molecular formula is C19H26O7. The lowest BCUT2D eigenvalue weighted by Crippen LogP contribution is -2.18.